The van der Waals surface area contributed by atoms with Crippen molar-refractivity contribution < 1.29 is 4.39 Å². The summed E-state index contributed by atoms with van der Waals surface area (Å²) in [6, 6.07) is 4.69. The lowest BCUT2D eigenvalue weighted by atomic mass is 10.2. The Kier molecular flexibility index (Phi) is 2.71. The van der Waals surface area contributed by atoms with Gasteiger partial charge in [0.15, 0.2) is 0 Å². The normalized spacial score (nSPS) is 10.8. The van der Waals surface area contributed by atoms with E-state index in [0.717, 1.165) is 15.9 Å². The van der Waals surface area contributed by atoms with Crippen LogP contribution in [0.2, 0.25) is 0 Å². The average Bonchev–Trinajstić information content (AvgIpc) is 2.50. The molecule has 0 aliphatic carbocycles. The molecular formula is C11H11BrFN3. The van der Waals surface area contributed by atoms with Crippen molar-refractivity contribution in [2.45, 2.75) is 13.8 Å². The number of aromatic nitrogens is 2. The van der Waals surface area contributed by atoms with Gasteiger partial charge in [0.05, 0.1) is 27.2 Å². The highest BCUT2D eigenvalue weighted by Gasteiger charge is 2.13. The number of hydrogen-bond donors (Lipinski definition) is 1. The summed E-state index contributed by atoms with van der Waals surface area (Å²) in [5, 5.41) is 4.31. The first kappa shape index (κ1) is 11.1. The van der Waals surface area contributed by atoms with E-state index in [-0.39, 0.29) is 5.69 Å². The summed E-state index contributed by atoms with van der Waals surface area (Å²) in [6.45, 7) is 3.78. The molecule has 0 saturated carbocycles. The predicted molar refractivity (Wildman–Crippen MR) is 65.1 cm³/mol. The van der Waals surface area contributed by atoms with Crippen LogP contribution in [0.4, 0.5) is 10.1 Å². The molecule has 84 valence electrons. The van der Waals surface area contributed by atoms with Crippen LogP contribution in [0.15, 0.2) is 22.7 Å². The van der Waals surface area contributed by atoms with Crippen LogP contribution in [0.25, 0.3) is 5.69 Å². The van der Waals surface area contributed by atoms with Crippen LogP contribution in [0, 0.1) is 19.7 Å². The minimum Gasteiger partial charge on any atom is -0.395 e. The lowest BCUT2D eigenvalue weighted by Gasteiger charge is -2.08. The smallest absolute Gasteiger partial charge is 0.148 e. The zero-order valence-corrected chi connectivity index (χ0v) is 10.5. The Hall–Kier alpha value is -1.36. The van der Waals surface area contributed by atoms with Crippen LogP contribution >= 0.6 is 15.9 Å². The zero-order valence-electron chi connectivity index (χ0n) is 8.96. The third kappa shape index (κ3) is 1.61. The average molecular weight is 284 g/mol. The fourth-order valence-electron chi connectivity index (χ4n) is 1.57. The highest BCUT2D eigenvalue weighted by atomic mass is 79.9. The lowest BCUT2D eigenvalue weighted by molar-refractivity contribution is 0.630. The van der Waals surface area contributed by atoms with Gasteiger partial charge in [-0.3, -0.25) is 0 Å². The highest BCUT2D eigenvalue weighted by Crippen LogP contribution is 2.26. The minimum absolute atomic E-state index is 0.112. The van der Waals surface area contributed by atoms with Crippen molar-refractivity contribution in [1.82, 2.24) is 9.78 Å². The highest BCUT2D eigenvalue weighted by molar-refractivity contribution is 9.10. The topological polar surface area (TPSA) is 43.8 Å². The van der Waals surface area contributed by atoms with E-state index in [0.29, 0.717) is 5.69 Å². The molecule has 16 heavy (non-hydrogen) atoms. The summed E-state index contributed by atoms with van der Waals surface area (Å²) in [4.78, 5) is 0. The van der Waals surface area contributed by atoms with Gasteiger partial charge in [-0.05, 0) is 41.9 Å². The molecule has 2 N–H and O–H groups in total. The summed E-state index contributed by atoms with van der Waals surface area (Å²) >= 11 is 3.42. The largest absolute Gasteiger partial charge is 0.395 e. The van der Waals surface area contributed by atoms with E-state index in [9.17, 15) is 4.39 Å². The maximum Gasteiger partial charge on any atom is 0.148 e. The second-order valence-electron chi connectivity index (χ2n) is 3.57. The van der Waals surface area contributed by atoms with Crippen LogP contribution in [0.3, 0.4) is 0 Å². The Morgan fingerprint density at radius 3 is 2.62 bits per heavy atom. The van der Waals surface area contributed by atoms with E-state index < -0.39 is 5.82 Å². The standard InChI is InChI=1S/C11H11BrFN3/c1-6-10(12)7(2)16(15-6)9-5-3-4-8(13)11(9)14/h3-5H,14H2,1-2H3. The molecule has 5 heteroatoms. The second kappa shape index (κ2) is 3.90. The Morgan fingerprint density at radius 1 is 1.38 bits per heavy atom. The van der Waals surface area contributed by atoms with Gasteiger partial charge in [0.1, 0.15) is 5.82 Å². The molecule has 0 radical (unpaired) electrons. The first-order valence-corrected chi connectivity index (χ1v) is 5.57. The lowest BCUT2D eigenvalue weighted by Crippen LogP contribution is -2.05. The zero-order chi connectivity index (χ0) is 11.9. The number of benzene rings is 1. The molecule has 0 aliphatic rings. The van der Waals surface area contributed by atoms with Crippen LogP contribution in [0.5, 0.6) is 0 Å². The fraction of sp³-hybridized carbons (Fsp3) is 0.182. The van der Waals surface area contributed by atoms with Gasteiger partial charge in [0.25, 0.3) is 0 Å². The van der Waals surface area contributed by atoms with Gasteiger partial charge in [-0.25, -0.2) is 9.07 Å². The quantitative estimate of drug-likeness (QED) is 0.818. The molecule has 1 aromatic heterocycles. The van der Waals surface area contributed by atoms with E-state index in [1.54, 1.807) is 16.8 Å². The van der Waals surface area contributed by atoms with Crippen molar-refractivity contribution in [2.24, 2.45) is 0 Å². The van der Waals surface area contributed by atoms with Crippen molar-refractivity contribution in [3.8, 4) is 5.69 Å². The second-order valence-corrected chi connectivity index (χ2v) is 4.36. The molecule has 2 rings (SSSR count). The number of halogens is 2. The molecule has 0 amide bonds. The van der Waals surface area contributed by atoms with Gasteiger partial charge < -0.3 is 5.73 Å². The van der Waals surface area contributed by atoms with E-state index in [4.69, 9.17) is 5.73 Å². The Labute approximate surface area is 101 Å². The summed E-state index contributed by atoms with van der Waals surface area (Å²) in [5.41, 5.74) is 8.11. The Morgan fingerprint density at radius 2 is 2.06 bits per heavy atom. The van der Waals surface area contributed by atoms with Crippen LogP contribution in [0.1, 0.15) is 11.4 Å². The van der Waals surface area contributed by atoms with E-state index in [1.165, 1.54) is 6.07 Å². The monoisotopic (exact) mass is 283 g/mol. The summed E-state index contributed by atoms with van der Waals surface area (Å²) < 4.78 is 15.9. The van der Waals surface area contributed by atoms with E-state index >= 15 is 0 Å². The first-order chi connectivity index (χ1) is 7.52. The number of para-hydroxylation sites is 1. The predicted octanol–water partition coefficient (Wildman–Crippen LogP) is 2.97. The summed E-state index contributed by atoms with van der Waals surface area (Å²) in [7, 11) is 0. The maximum atomic E-state index is 13.3. The minimum atomic E-state index is -0.429. The number of rotatable bonds is 1. The molecule has 0 unspecified atom stereocenters. The van der Waals surface area contributed by atoms with Crippen LogP contribution in [-0.4, -0.2) is 9.78 Å². The van der Waals surface area contributed by atoms with Crippen molar-refractivity contribution in [3.05, 3.63) is 39.9 Å². The van der Waals surface area contributed by atoms with Gasteiger partial charge in [-0.1, -0.05) is 6.07 Å². The van der Waals surface area contributed by atoms with Gasteiger partial charge in [-0.2, -0.15) is 5.10 Å². The fourth-order valence-corrected chi connectivity index (χ4v) is 1.82. The van der Waals surface area contributed by atoms with Gasteiger partial charge in [0, 0.05) is 0 Å². The van der Waals surface area contributed by atoms with E-state index in [1.807, 2.05) is 13.8 Å². The molecule has 0 aliphatic heterocycles. The molecule has 1 heterocycles. The molecule has 2 aromatic rings. The number of nitrogens with zero attached hydrogens (tertiary/aromatic N) is 2. The first-order valence-electron chi connectivity index (χ1n) is 4.78. The molecule has 0 atom stereocenters. The van der Waals surface area contributed by atoms with Gasteiger partial charge >= 0.3 is 0 Å². The maximum absolute atomic E-state index is 13.3. The van der Waals surface area contributed by atoms with Gasteiger partial charge in [0.2, 0.25) is 0 Å². The van der Waals surface area contributed by atoms with Crippen molar-refractivity contribution >= 4 is 21.6 Å². The summed E-state index contributed by atoms with van der Waals surface area (Å²) in [5.74, 6) is -0.429. The third-order valence-electron chi connectivity index (χ3n) is 2.46. The van der Waals surface area contributed by atoms with Crippen molar-refractivity contribution in [1.29, 1.82) is 0 Å². The number of aryl methyl sites for hydroxylation is 1. The molecule has 1 aromatic carbocycles. The molecular weight excluding hydrogens is 273 g/mol. The Balaban J connectivity index is 2.68. The molecule has 3 nitrogen and oxygen atoms in total. The number of anilines is 1. The van der Waals surface area contributed by atoms with E-state index in [2.05, 4.69) is 21.0 Å². The van der Waals surface area contributed by atoms with Crippen LogP contribution in [-0.2, 0) is 0 Å². The van der Waals surface area contributed by atoms with Crippen LogP contribution < -0.4 is 5.73 Å². The number of nitrogens with two attached hydrogens (primary N) is 1. The molecule has 0 spiro atoms. The molecule has 0 fully saturated rings. The van der Waals surface area contributed by atoms with Gasteiger partial charge in [-0.15, -0.1) is 0 Å². The summed E-state index contributed by atoms with van der Waals surface area (Å²) in [6.07, 6.45) is 0. The number of nitrogen functional groups attached to an aromatic ring is 1. The van der Waals surface area contributed by atoms with Crippen molar-refractivity contribution in [3.63, 3.8) is 0 Å². The number of hydrogen-bond acceptors (Lipinski definition) is 2. The molecule has 0 saturated heterocycles. The SMILES string of the molecule is Cc1nn(-c2cccc(F)c2N)c(C)c1Br. The third-order valence-corrected chi connectivity index (χ3v) is 3.61. The Bertz CT molecular complexity index is 548. The van der Waals surface area contributed by atoms with Crippen molar-refractivity contribution in [2.75, 3.05) is 5.73 Å². The molecule has 0 bridgehead atoms.